The number of rotatable bonds is 6. The van der Waals surface area contributed by atoms with E-state index in [0.29, 0.717) is 0 Å². The molecule has 0 radical (unpaired) electrons. The van der Waals surface area contributed by atoms with E-state index < -0.39 is 17.8 Å². The van der Waals surface area contributed by atoms with Gasteiger partial charge in [0.1, 0.15) is 6.04 Å². The summed E-state index contributed by atoms with van der Waals surface area (Å²) in [5, 5.41) is 5.30. The van der Waals surface area contributed by atoms with Gasteiger partial charge in [0.15, 0.2) is 11.6 Å². The Bertz CT molecular complexity index is 520. The molecule has 2 N–H and O–H groups in total. The Hall–Kier alpha value is -2.11. The third-order valence-corrected chi connectivity index (χ3v) is 3.16. The van der Waals surface area contributed by atoms with Crippen LogP contribution in [0.4, 0.5) is 4.39 Å². The molecule has 6 heteroatoms. The molecule has 0 saturated carbocycles. The minimum Gasteiger partial charge on any atom is -0.494 e. The molecular formula is C15H21FN2O3. The molecular weight excluding hydrogens is 275 g/mol. The second-order valence-electron chi connectivity index (χ2n) is 4.86. The minimum absolute atomic E-state index is 0.0373. The van der Waals surface area contributed by atoms with Crippen molar-refractivity contribution in [3.63, 3.8) is 0 Å². The molecule has 116 valence electrons. The number of hydrogen-bond acceptors (Lipinski definition) is 3. The molecule has 1 aromatic carbocycles. The Balaban J connectivity index is 2.68. The van der Waals surface area contributed by atoms with Gasteiger partial charge in [-0.1, -0.05) is 6.92 Å². The Kier molecular flexibility index (Phi) is 6.14. The minimum atomic E-state index is -0.698. The summed E-state index contributed by atoms with van der Waals surface area (Å²) in [6, 6.07) is 3.23. The maximum absolute atomic E-state index is 13.5. The Labute approximate surface area is 123 Å². The maximum Gasteiger partial charge on any atom is 0.252 e. The summed E-state index contributed by atoms with van der Waals surface area (Å²) in [5.41, 5.74) is 0.136. The van der Waals surface area contributed by atoms with E-state index in [2.05, 4.69) is 10.6 Å². The molecule has 0 saturated heterocycles. The fourth-order valence-electron chi connectivity index (χ4n) is 1.62. The molecule has 2 unspecified atom stereocenters. The predicted octanol–water partition coefficient (Wildman–Crippen LogP) is 1.87. The first-order valence-electron chi connectivity index (χ1n) is 6.83. The summed E-state index contributed by atoms with van der Waals surface area (Å²) in [7, 11) is 1.35. The van der Waals surface area contributed by atoms with E-state index in [1.165, 1.54) is 19.2 Å². The van der Waals surface area contributed by atoms with Gasteiger partial charge in [-0.25, -0.2) is 4.39 Å². The van der Waals surface area contributed by atoms with Crippen LogP contribution < -0.4 is 15.4 Å². The second kappa shape index (κ2) is 7.61. The zero-order valence-corrected chi connectivity index (χ0v) is 12.7. The zero-order chi connectivity index (χ0) is 16.0. The van der Waals surface area contributed by atoms with Crippen LogP contribution in [0.5, 0.6) is 5.75 Å². The predicted molar refractivity (Wildman–Crippen MR) is 77.8 cm³/mol. The van der Waals surface area contributed by atoms with E-state index in [1.807, 2.05) is 13.8 Å². The monoisotopic (exact) mass is 296 g/mol. The first kappa shape index (κ1) is 16.9. The van der Waals surface area contributed by atoms with E-state index in [9.17, 15) is 14.0 Å². The van der Waals surface area contributed by atoms with Crippen molar-refractivity contribution in [1.82, 2.24) is 10.6 Å². The number of methoxy groups -OCH3 is 1. The van der Waals surface area contributed by atoms with Crippen LogP contribution in [0, 0.1) is 5.82 Å². The fraction of sp³-hybridized carbons (Fsp3) is 0.467. The lowest BCUT2D eigenvalue weighted by molar-refractivity contribution is -0.123. The lowest BCUT2D eigenvalue weighted by Crippen LogP contribution is -2.47. The van der Waals surface area contributed by atoms with Crippen LogP contribution in [0.3, 0.4) is 0 Å². The van der Waals surface area contributed by atoms with Crippen LogP contribution in [0.15, 0.2) is 18.2 Å². The van der Waals surface area contributed by atoms with E-state index in [4.69, 9.17) is 4.74 Å². The van der Waals surface area contributed by atoms with Crippen molar-refractivity contribution in [1.29, 1.82) is 0 Å². The lowest BCUT2D eigenvalue weighted by atomic mass is 10.1. The highest BCUT2D eigenvalue weighted by Crippen LogP contribution is 2.17. The molecule has 0 aliphatic heterocycles. The van der Waals surface area contributed by atoms with E-state index >= 15 is 0 Å². The van der Waals surface area contributed by atoms with Gasteiger partial charge in [0, 0.05) is 11.6 Å². The Morgan fingerprint density at radius 2 is 1.95 bits per heavy atom. The van der Waals surface area contributed by atoms with Crippen LogP contribution in [-0.4, -0.2) is 31.0 Å². The molecule has 5 nitrogen and oxygen atoms in total. The Morgan fingerprint density at radius 1 is 1.29 bits per heavy atom. The van der Waals surface area contributed by atoms with E-state index in [1.54, 1.807) is 6.92 Å². The third-order valence-electron chi connectivity index (χ3n) is 3.16. The SMILES string of the molecule is CCC(C)NC(=O)C(C)NC(=O)c1ccc(OC)c(F)c1. The summed E-state index contributed by atoms with van der Waals surface area (Å²) in [6.07, 6.45) is 0.802. The van der Waals surface area contributed by atoms with Crippen LogP contribution in [0.25, 0.3) is 0 Å². The molecule has 1 rings (SSSR count). The van der Waals surface area contributed by atoms with Crippen molar-refractivity contribution in [3.05, 3.63) is 29.6 Å². The largest absolute Gasteiger partial charge is 0.494 e. The number of amides is 2. The number of hydrogen-bond donors (Lipinski definition) is 2. The van der Waals surface area contributed by atoms with Crippen molar-refractivity contribution in [2.75, 3.05) is 7.11 Å². The number of carbonyl (C=O) groups is 2. The van der Waals surface area contributed by atoms with Gasteiger partial charge in [-0.3, -0.25) is 9.59 Å². The molecule has 0 aromatic heterocycles. The molecule has 0 aliphatic rings. The Morgan fingerprint density at radius 3 is 2.48 bits per heavy atom. The van der Waals surface area contributed by atoms with Crippen molar-refractivity contribution in [2.24, 2.45) is 0 Å². The number of benzene rings is 1. The van der Waals surface area contributed by atoms with Gasteiger partial charge in [-0.2, -0.15) is 0 Å². The molecule has 0 fully saturated rings. The van der Waals surface area contributed by atoms with Crippen molar-refractivity contribution >= 4 is 11.8 Å². The first-order valence-corrected chi connectivity index (χ1v) is 6.83. The highest BCUT2D eigenvalue weighted by Gasteiger charge is 2.18. The molecule has 0 aliphatic carbocycles. The average Bonchev–Trinajstić information content (AvgIpc) is 2.46. The van der Waals surface area contributed by atoms with Gasteiger partial charge in [0.25, 0.3) is 5.91 Å². The molecule has 2 amide bonds. The number of ether oxygens (including phenoxy) is 1. The van der Waals surface area contributed by atoms with E-state index in [0.717, 1.165) is 12.5 Å². The van der Waals surface area contributed by atoms with Gasteiger partial charge in [0.2, 0.25) is 5.91 Å². The summed E-state index contributed by atoms with van der Waals surface area (Å²) < 4.78 is 18.3. The molecule has 21 heavy (non-hydrogen) atoms. The topological polar surface area (TPSA) is 67.4 Å². The summed E-state index contributed by atoms with van der Waals surface area (Å²) in [6.45, 7) is 5.41. The molecule has 2 atom stereocenters. The molecule has 0 bridgehead atoms. The normalized spacial score (nSPS) is 13.2. The van der Waals surface area contributed by atoms with Crippen molar-refractivity contribution in [2.45, 2.75) is 39.3 Å². The highest BCUT2D eigenvalue weighted by atomic mass is 19.1. The van der Waals surface area contributed by atoms with Crippen molar-refractivity contribution < 1.29 is 18.7 Å². The standard InChI is InChI=1S/C15H21FN2O3/c1-5-9(2)17-14(19)10(3)18-15(20)11-6-7-13(21-4)12(16)8-11/h6-10H,5H2,1-4H3,(H,17,19)(H,18,20). The van der Waals surface area contributed by atoms with Crippen LogP contribution in [0.1, 0.15) is 37.6 Å². The van der Waals surface area contributed by atoms with Crippen LogP contribution >= 0.6 is 0 Å². The number of nitrogens with one attached hydrogen (secondary N) is 2. The second-order valence-corrected chi connectivity index (χ2v) is 4.86. The van der Waals surface area contributed by atoms with Gasteiger partial charge in [-0.05, 0) is 38.5 Å². The van der Waals surface area contributed by atoms with Gasteiger partial charge in [0.05, 0.1) is 7.11 Å². The smallest absolute Gasteiger partial charge is 0.252 e. The molecule has 1 aromatic rings. The quantitative estimate of drug-likeness (QED) is 0.842. The van der Waals surface area contributed by atoms with Crippen LogP contribution in [-0.2, 0) is 4.79 Å². The number of carbonyl (C=O) groups excluding carboxylic acids is 2. The zero-order valence-electron chi connectivity index (χ0n) is 12.7. The fourth-order valence-corrected chi connectivity index (χ4v) is 1.62. The van der Waals surface area contributed by atoms with E-state index in [-0.39, 0.29) is 23.3 Å². The maximum atomic E-state index is 13.5. The van der Waals surface area contributed by atoms with Gasteiger partial charge >= 0.3 is 0 Å². The number of halogens is 1. The summed E-state index contributed by atoms with van der Waals surface area (Å²) in [4.78, 5) is 23.8. The molecule has 0 heterocycles. The van der Waals surface area contributed by atoms with Crippen LogP contribution in [0.2, 0.25) is 0 Å². The van der Waals surface area contributed by atoms with Gasteiger partial charge < -0.3 is 15.4 Å². The summed E-state index contributed by atoms with van der Waals surface area (Å²) >= 11 is 0. The van der Waals surface area contributed by atoms with Crippen molar-refractivity contribution in [3.8, 4) is 5.75 Å². The lowest BCUT2D eigenvalue weighted by Gasteiger charge is -2.17. The summed E-state index contributed by atoms with van der Waals surface area (Å²) in [5.74, 6) is -1.34. The highest BCUT2D eigenvalue weighted by molar-refractivity contribution is 5.97. The first-order chi connectivity index (χ1) is 9.88. The van der Waals surface area contributed by atoms with Gasteiger partial charge in [-0.15, -0.1) is 0 Å². The average molecular weight is 296 g/mol. The molecule has 0 spiro atoms. The third kappa shape index (κ3) is 4.73.